The third kappa shape index (κ3) is 2.71. The lowest BCUT2D eigenvalue weighted by molar-refractivity contribution is 0.114. The summed E-state index contributed by atoms with van der Waals surface area (Å²) >= 11 is 3.32. The van der Waals surface area contributed by atoms with Crippen molar-refractivity contribution in [2.45, 2.75) is 25.9 Å². The molecule has 1 saturated heterocycles. The van der Waals surface area contributed by atoms with Crippen LogP contribution in [0, 0.1) is 5.92 Å². The first-order valence-electron chi connectivity index (χ1n) is 5.57. The van der Waals surface area contributed by atoms with Crippen molar-refractivity contribution in [2.24, 2.45) is 5.92 Å². The number of rotatable bonds is 2. The first kappa shape index (κ1) is 11.8. The topological polar surface area (TPSA) is 49.2 Å². The van der Waals surface area contributed by atoms with E-state index in [1.54, 1.807) is 12.4 Å². The lowest BCUT2D eigenvalue weighted by Gasteiger charge is -2.34. The minimum absolute atomic E-state index is 0.252. The van der Waals surface area contributed by atoms with E-state index in [1.165, 1.54) is 0 Å². The second-order valence-corrected chi connectivity index (χ2v) is 5.21. The predicted octanol–water partition coefficient (Wildman–Crippen LogP) is 1.84. The molecule has 1 aliphatic heterocycles. The summed E-state index contributed by atoms with van der Waals surface area (Å²) in [5, 5.41) is 9.61. The molecule has 2 heterocycles. The first-order chi connectivity index (χ1) is 7.66. The van der Waals surface area contributed by atoms with Crippen LogP contribution in [0.1, 0.15) is 19.8 Å². The molecule has 0 bridgehead atoms. The Balaban J connectivity index is 2.06. The van der Waals surface area contributed by atoms with Gasteiger partial charge in [0.15, 0.2) is 0 Å². The molecule has 2 unspecified atom stereocenters. The van der Waals surface area contributed by atoms with Crippen LogP contribution in [-0.4, -0.2) is 34.3 Å². The highest BCUT2D eigenvalue weighted by atomic mass is 79.9. The zero-order chi connectivity index (χ0) is 11.5. The summed E-state index contributed by atoms with van der Waals surface area (Å²) in [6.45, 7) is 3.68. The number of hydrogen-bond donors (Lipinski definition) is 1. The van der Waals surface area contributed by atoms with Crippen LogP contribution in [0.15, 0.2) is 16.9 Å². The monoisotopic (exact) mass is 285 g/mol. The van der Waals surface area contributed by atoms with E-state index in [1.807, 2.05) is 6.92 Å². The summed E-state index contributed by atoms with van der Waals surface area (Å²) in [6, 6.07) is 0. The second-order valence-electron chi connectivity index (χ2n) is 4.29. The van der Waals surface area contributed by atoms with Gasteiger partial charge < -0.3 is 10.0 Å². The van der Waals surface area contributed by atoms with Crippen LogP contribution in [0.2, 0.25) is 0 Å². The fourth-order valence-corrected chi connectivity index (χ4v) is 2.26. The molecule has 1 fully saturated rings. The lowest BCUT2D eigenvalue weighted by atomic mass is 9.94. The zero-order valence-corrected chi connectivity index (χ0v) is 10.9. The number of piperidine rings is 1. The SMILES string of the molecule is CC(O)C1CCCN(c2ncc(Br)cn2)C1. The maximum absolute atomic E-state index is 9.61. The summed E-state index contributed by atoms with van der Waals surface area (Å²) in [4.78, 5) is 10.7. The van der Waals surface area contributed by atoms with Crippen molar-refractivity contribution in [3.63, 3.8) is 0 Å². The van der Waals surface area contributed by atoms with Crippen LogP contribution >= 0.6 is 15.9 Å². The van der Waals surface area contributed by atoms with E-state index in [2.05, 4.69) is 30.8 Å². The van der Waals surface area contributed by atoms with Gasteiger partial charge in [0.25, 0.3) is 0 Å². The minimum Gasteiger partial charge on any atom is -0.393 e. The van der Waals surface area contributed by atoms with Gasteiger partial charge in [-0.15, -0.1) is 0 Å². The fraction of sp³-hybridized carbons (Fsp3) is 0.636. The highest BCUT2D eigenvalue weighted by Crippen LogP contribution is 2.22. The second kappa shape index (κ2) is 5.10. The Morgan fingerprint density at radius 1 is 1.50 bits per heavy atom. The normalized spacial score (nSPS) is 23.2. The molecule has 0 amide bonds. The molecule has 1 N–H and O–H groups in total. The summed E-state index contributed by atoms with van der Waals surface area (Å²) < 4.78 is 0.889. The number of aromatic nitrogens is 2. The number of halogens is 1. The number of hydrogen-bond acceptors (Lipinski definition) is 4. The molecule has 4 nitrogen and oxygen atoms in total. The van der Waals surface area contributed by atoms with Crippen LogP contribution in [0.5, 0.6) is 0 Å². The van der Waals surface area contributed by atoms with Crippen molar-refractivity contribution in [2.75, 3.05) is 18.0 Å². The van der Waals surface area contributed by atoms with E-state index in [-0.39, 0.29) is 6.10 Å². The summed E-state index contributed by atoms with van der Waals surface area (Å²) in [7, 11) is 0. The van der Waals surface area contributed by atoms with Gasteiger partial charge in [-0.3, -0.25) is 0 Å². The summed E-state index contributed by atoms with van der Waals surface area (Å²) in [5.74, 6) is 1.09. The van der Waals surface area contributed by atoms with Gasteiger partial charge in [-0.1, -0.05) is 0 Å². The van der Waals surface area contributed by atoms with Crippen LogP contribution in [0.25, 0.3) is 0 Å². The Bertz CT molecular complexity index is 342. The number of aliphatic hydroxyl groups excluding tert-OH is 1. The number of aliphatic hydroxyl groups is 1. The predicted molar refractivity (Wildman–Crippen MR) is 66.3 cm³/mol. The molecule has 88 valence electrons. The molecular weight excluding hydrogens is 270 g/mol. The molecule has 2 rings (SSSR count). The smallest absolute Gasteiger partial charge is 0.225 e. The van der Waals surface area contributed by atoms with Gasteiger partial charge in [0, 0.05) is 31.4 Å². The van der Waals surface area contributed by atoms with Gasteiger partial charge in [-0.05, 0) is 35.7 Å². The van der Waals surface area contributed by atoms with Crippen LogP contribution in [-0.2, 0) is 0 Å². The van der Waals surface area contributed by atoms with E-state index in [4.69, 9.17) is 0 Å². The first-order valence-corrected chi connectivity index (χ1v) is 6.36. The Labute approximate surface area is 104 Å². The van der Waals surface area contributed by atoms with E-state index in [0.717, 1.165) is 36.4 Å². The van der Waals surface area contributed by atoms with Gasteiger partial charge >= 0.3 is 0 Å². The molecular formula is C11H16BrN3O. The molecule has 0 radical (unpaired) electrons. The zero-order valence-electron chi connectivity index (χ0n) is 9.30. The average Bonchev–Trinajstić information content (AvgIpc) is 2.30. The Hall–Kier alpha value is -0.680. The quantitative estimate of drug-likeness (QED) is 0.901. The maximum Gasteiger partial charge on any atom is 0.225 e. The summed E-state index contributed by atoms with van der Waals surface area (Å²) in [5.41, 5.74) is 0. The largest absolute Gasteiger partial charge is 0.393 e. The Morgan fingerprint density at radius 3 is 2.81 bits per heavy atom. The van der Waals surface area contributed by atoms with Crippen molar-refractivity contribution in [3.05, 3.63) is 16.9 Å². The van der Waals surface area contributed by atoms with E-state index in [9.17, 15) is 5.11 Å². The van der Waals surface area contributed by atoms with Crippen molar-refractivity contribution in [1.29, 1.82) is 0 Å². The van der Waals surface area contributed by atoms with E-state index in [0.29, 0.717) is 5.92 Å². The summed E-state index contributed by atoms with van der Waals surface area (Å²) in [6.07, 6.45) is 5.45. The average molecular weight is 286 g/mol. The molecule has 0 spiro atoms. The van der Waals surface area contributed by atoms with Crippen molar-refractivity contribution in [1.82, 2.24) is 9.97 Å². The van der Waals surface area contributed by atoms with Crippen molar-refractivity contribution in [3.8, 4) is 0 Å². The maximum atomic E-state index is 9.61. The third-order valence-corrected chi connectivity index (χ3v) is 3.44. The van der Waals surface area contributed by atoms with E-state index >= 15 is 0 Å². The Morgan fingerprint density at radius 2 is 2.19 bits per heavy atom. The molecule has 5 heteroatoms. The van der Waals surface area contributed by atoms with E-state index < -0.39 is 0 Å². The number of anilines is 1. The molecule has 0 aromatic carbocycles. The molecule has 16 heavy (non-hydrogen) atoms. The van der Waals surface area contributed by atoms with Gasteiger partial charge in [0.05, 0.1) is 10.6 Å². The van der Waals surface area contributed by atoms with Gasteiger partial charge in [0.1, 0.15) is 0 Å². The fourth-order valence-electron chi connectivity index (χ4n) is 2.05. The van der Waals surface area contributed by atoms with Crippen LogP contribution < -0.4 is 4.90 Å². The molecule has 1 aromatic heterocycles. The number of nitrogens with zero attached hydrogens (tertiary/aromatic N) is 3. The van der Waals surface area contributed by atoms with Gasteiger partial charge in [-0.25, -0.2) is 9.97 Å². The standard InChI is InChI=1S/C11H16BrN3O/c1-8(16)9-3-2-4-15(7-9)11-13-5-10(12)6-14-11/h5-6,8-9,16H,2-4,7H2,1H3. The van der Waals surface area contributed by atoms with Crippen LogP contribution in [0.3, 0.4) is 0 Å². The van der Waals surface area contributed by atoms with Crippen molar-refractivity contribution < 1.29 is 5.11 Å². The molecule has 1 aromatic rings. The highest BCUT2D eigenvalue weighted by Gasteiger charge is 2.24. The van der Waals surface area contributed by atoms with Crippen molar-refractivity contribution >= 4 is 21.9 Å². The Kier molecular flexibility index (Phi) is 3.76. The minimum atomic E-state index is -0.252. The molecule has 0 saturated carbocycles. The lowest BCUT2D eigenvalue weighted by Crippen LogP contribution is -2.40. The molecule has 0 aliphatic carbocycles. The third-order valence-electron chi connectivity index (χ3n) is 3.03. The highest BCUT2D eigenvalue weighted by molar-refractivity contribution is 9.10. The van der Waals surface area contributed by atoms with Gasteiger partial charge in [0.2, 0.25) is 5.95 Å². The molecule has 1 aliphatic rings. The van der Waals surface area contributed by atoms with Gasteiger partial charge in [-0.2, -0.15) is 0 Å². The molecule has 2 atom stereocenters. The van der Waals surface area contributed by atoms with Crippen LogP contribution in [0.4, 0.5) is 5.95 Å².